The van der Waals surface area contributed by atoms with Crippen molar-refractivity contribution < 1.29 is 22.0 Å². The lowest BCUT2D eigenvalue weighted by Crippen LogP contribution is -2.50. The van der Waals surface area contributed by atoms with Crippen LogP contribution < -0.4 is 9.62 Å². The van der Waals surface area contributed by atoms with Crippen LogP contribution >= 0.6 is 0 Å². The number of carbonyl (C=O) groups is 1. The van der Waals surface area contributed by atoms with Gasteiger partial charge in [0.2, 0.25) is 0 Å². The molecule has 1 aliphatic carbocycles. The molecule has 2 aromatic carbocycles. The van der Waals surface area contributed by atoms with E-state index >= 15 is 0 Å². The highest BCUT2D eigenvalue weighted by atomic mass is 32.2. The molecule has 2 aromatic rings. The number of benzene rings is 2. The second-order valence-electron chi connectivity index (χ2n) is 9.30. The number of nitrogens with zero attached hydrogens (tertiary/aromatic N) is 2. The van der Waals surface area contributed by atoms with E-state index < -0.39 is 16.4 Å². The molecule has 176 valence electrons. The molecular formula is C24H27F2N3O3S. The van der Waals surface area contributed by atoms with E-state index in [0.717, 1.165) is 24.2 Å². The number of fused-ring (bicyclic) bond motifs is 2. The normalized spacial score (nSPS) is 19.7. The highest BCUT2D eigenvalue weighted by Gasteiger charge is 2.48. The van der Waals surface area contributed by atoms with Crippen molar-refractivity contribution in [3.05, 3.63) is 59.7 Å². The largest absolute Gasteiger partial charge is 0.338 e. The summed E-state index contributed by atoms with van der Waals surface area (Å²) in [5, 5.41) is 3.01. The number of rotatable bonds is 5. The van der Waals surface area contributed by atoms with E-state index in [1.807, 2.05) is 17.0 Å². The van der Waals surface area contributed by atoms with Crippen molar-refractivity contribution in [3.8, 4) is 0 Å². The van der Waals surface area contributed by atoms with E-state index in [0.29, 0.717) is 37.5 Å². The topological polar surface area (TPSA) is 69.7 Å². The summed E-state index contributed by atoms with van der Waals surface area (Å²) in [6.45, 7) is 2.12. The summed E-state index contributed by atoms with van der Waals surface area (Å²) in [6.07, 6.45) is 1.03. The third-order valence-electron chi connectivity index (χ3n) is 7.16. The molecule has 1 saturated heterocycles. The molecule has 1 spiro atoms. The van der Waals surface area contributed by atoms with Crippen molar-refractivity contribution in [3.63, 3.8) is 0 Å². The molecule has 2 aliphatic heterocycles. The monoisotopic (exact) mass is 475 g/mol. The van der Waals surface area contributed by atoms with E-state index in [4.69, 9.17) is 0 Å². The molecular weight excluding hydrogens is 448 g/mol. The van der Waals surface area contributed by atoms with E-state index in [1.54, 1.807) is 12.1 Å². The first-order valence-corrected chi connectivity index (χ1v) is 12.8. The zero-order chi connectivity index (χ0) is 23.2. The number of hydrogen-bond donors (Lipinski definition) is 1. The molecule has 5 rings (SSSR count). The number of hydrogen-bond acceptors (Lipinski definition) is 3. The van der Waals surface area contributed by atoms with Gasteiger partial charge in [0, 0.05) is 37.2 Å². The maximum Gasteiger partial charge on any atom is 0.317 e. The average Bonchev–Trinajstić information content (AvgIpc) is 3.61. The molecule has 2 heterocycles. The average molecular weight is 476 g/mol. The lowest BCUT2D eigenvalue weighted by molar-refractivity contribution is 0.151. The van der Waals surface area contributed by atoms with Crippen molar-refractivity contribution in [2.24, 2.45) is 5.92 Å². The Morgan fingerprint density at radius 2 is 1.73 bits per heavy atom. The van der Waals surface area contributed by atoms with Crippen molar-refractivity contribution in [2.75, 3.05) is 30.5 Å². The lowest BCUT2D eigenvalue weighted by atomic mass is 9.74. The molecule has 1 saturated carbocycles. The summed E-state index contributed by atoms with van der Waals surface area (Å²) in [7, 11) is -3.92. The summed E-state index contributed by atoms with van der Waals surface area (Å²) < 4.78 is 54.2. The standard InChI is InChI=1S/C24H27F2N3O3S/c25-22(26)18-7-9-19(10-8-18)33(31,32)29-16-24(20-3-1-2-4-21(20)29)11-13-28(14-12-24)23(30)27-15-17-5-6-17/h1-4,7-10,17,22H,5-6,11-16H2,(H,27,30). The number of carbonyl (C=O) groups excluding carboxylic acids is 1. The Bertz CT molecular complexity index is 1140. The third-order valence-corrected chi connectivity index (χ3v) is 8.93. The van der Waals surface area contributed by atoms with Crippen molar-refractivity contribution >= 4 is 21.7 Å². The van der Waals surface area contributed by atoms with Gasteiger partial charge in [0.25, 0.3) is 16.4 Å². The van der Waals surface area contributed by atoms with Crippen LogP contribution in [0.5, 0.6) is 0 Å². The minimum Gasteiger partial charge on any atom is -0.338 e. The number of alkyl halides is 2. The number of amides is 2. The molecule has 1 N–H and O–H groups in total. The summed E-state index contributed by atoms with van der Waals surface area (Å²) in [4.78, 5) is 14.3. The Morgan fingerprint density at radius 1 is 1.06 bits per heavy atom. The van der Waals surface area contributed by atoms with Gasteiger partial charge in [-0.25, -0.2) is 22.0 Å². The molecule has 0 atom stereocenters. The Morgan fingerprint density at radius 3 is 2.36 bits per heavy atom. The molecule has 9 heteroatoms. The van der Waals surface area contributed by atoms with Crippen LogP contribution in [-0.4, -0.2) is 45.5 Å². The zero-order valence-corrected chi connectivity index (χ0v) is 19.0. The fraction of sp³-hybridized carbons (Fsp3) is 0.458. The van der Waals surface area contributed by atoms with Crippen molar-refractivity contribution in [1.82, 2.24) is 10.2 Å². The number of nitrogens with one attached hydrogen (secondary N) is 1. The van der Waals surface area contributed by atoms with Crippen LogP contribution in [-0.2, 0) is 15.4 Å². The first kappa shape index (κ1) is 22.1. The minimum absolute atomic E-state index is 0.00403. The zero-order valence-electron chi connectivity index (χ0n) is 18.2. The van der Waals surface area contributed by atoms with Gasteiger partial charge in [0.1, 0.15) is 0 Å². The van der Waals surface area contributed by atoms with Gasteiger partial charge in [-0.05, 0) is 55.4 Å². The van der Waals surface area contributed by atoms with Crippen LogP contribution in [0.2, 0.25) is 0 Å². The molecule has 2 amide bonds. The van der Waals surface area contributed by atoms with Gasteiger partial charge in [-0.1, -0.05) is 30.3 Å². The molecule has 2 fully saturated rings. The van der Waals surface area contributed by atoms with E-state index in [-0.39, 0.29) is 28.4 Å². The quantitative estimate of drug-likeness (QED) is 0.702. The Labute approximate surface area is 192 Å². The maximum atomic E-state index is 13.5. The van der Waals surface area contributed by atoms with Gasteiger partial charge in [0.15, 0.2) is 0 Å². The van der Waals surface area contributed by atoms with Gasteiger partial charge in [-0.15, -0.1) is 0 Å². The van der Waals surface area contributed by atoms with Crippen LogP contribution in [0, 0.1) is 5.92 Å². The van der Waals surface area contributed by atoms with Crippen LogP contribution in [0.1, 0.15) is 43.2 Å². The predicted octanol–water partition coefficient (Wildman–Crippen LogP) is 4.29. The predicted molar refractivity (Wildman–Crippen MR) is 121 cm³/mol. The molecule has 3 aliphatic rings. The molecule has 0 bridgehead atoms. The van der Waals surface area contributed by atoms with Gasteiger partial charge < -0.3 is 10.2 Å². The van der Waals surface area contributed by atoms with Crippen molar-refractivity contribution in [2.45, 2.75) is 42.4 Å². The molecule has 0 unspecified atom stereocenters. The first-order chi connectivity index (χ1) is 15.8. The fourth-order valence-corrected chi connectivity index (χ4v) is 6.51. The number of sulfonamides is 1. The summed E-state index contributed by atoms with van der Waals surface area (Å²) in [5.41, 5.74) is 1.01. The number of para-hydroxylation sites is 1. The van der Waals surface area contributed by atoms with E-state index in [2.05, 4.69) is 5.32 Å². The summed E-state index contributed by atoms with van der Waals surface area (Å²) in [5.74, 6) is 0.611. The van der Waals surface area contributed by atoms with Crippen LogP contribution in [0.25, 0.3) is 0 Å². The number of urea groups is 1. The van der Waals surface area contributed by atoms with Gasteiger partial charge in [0.05, 0.1) is 10.6 Å². The summed E-state index contributed by atoms with van der Waals surface area (Å²) in [6, 6.07) is 12.2. The number of halogens is 2. The number of likely N-dealkylation sites (tertiary alicyclic amines) is 1. The SMILES string of the molecule is O=C(NCC1CC1)N1CCC2(CC1)CN(S(=O)(=O)c1ccc(C(F)F)cc1)c1ccccc12. The second kappa shape index (κ2) is 8.27. The van der Waals surface area contributed by atoms with Gasteiger partial charge in [-0.2, -0.15) is 0 Å². The first-order valence-electron chi connectivity index (χ1n) is 11.3. The maximum absolute atomic E-state index is 13.5. The molecule has 6 nitrogen and oxygen atoms in total. The molecule has 33 heavy (non-hydrogen) atoms. The Balaban J connectivity index is 1.37. The van der Waals surface area contributed by atoms with Crippen LogP contribution in [0.15, 0.2) is 53.4 Å². The van der Waals surface area contributed by atoms with Crippen LogP contribution in [0.4, 0.5) is 19.3 Å². The Hall–Kier alpha value is -2.68. The lowest BCUT2D eigenvalue weighted by Gasteiger charge is -2.39. The highest BCUT2D eigenvalue weighted by molar-refractivity contribution is 7.92. The van der Waals surface area contributed by atoms with Gasteiger partial charge >= 0.3 is 6.03 Å². The minimum atomic E-state index is -3.92. The Kier molecular flexibility index (Phi) is 5.55. The van der Waals surface area contributed by atoms with Gasteiger partial charge in [-0.3, -0.25) is 4.31 Å². The smallest absolute Gasteiger partial charge is 0.317 e. The second-order valence-corrected chi connectivity index (χ2v) is 11.2. The van der Waals surface area contributed by atoms with E-state index in [9.17, 15) is 22.0 Å². The molecule has 0 radical (unpaired) electrons. The van der Waals surface area contributed by atoms with Crippen molar-refractivity contribution in [1.29, 1.82) is 0 Å². The van der Waals surface area contributed by atoms with Crippen LogP contribution in [0.3, 0.4) is 0 Å². The fourth-order valence-electron chi connectivity index (χ4n) is 4.94. The molecule has 0 aromatic heterocycles. The number of piperidine rings is 1. The third kappa shape index (κ3) is 4.07. The number of anilines is 1. The summed E-state index contributed by atoms with van der Waals surface area (Å²) >= 11 is 0. The highest BCUT2D eigenvalue weighted by Crippen LogP contribution is 2.48. The van der Waals surface area contributed by atoms with E-state index in [1.165, 1.54) is 29.3 Å².